The number of alkyl halides is 2. The quantitative estimate of drug-likeness (QED) is 0.644. The highest BCUT2D eigenvalue weighted by atomic mass is 32.2. The Morgan fingerprint density at radius 2 is 2.06 bits per heavy atom. The topological polar surface area (TPSA) is 116 Å². The van der Waals surface area contributed by atoms with Gasteiger partial charge in [-0.25, -0.2) is 22.3 Å². The lowest BCUT2D eigenvalue weighted by atomic mass is 10.1. The van der Waals surface area contributed by atoms with Gasteiger partial charge in [0.2, 0.25) is 10.0 Å². The Morgan fingerprint density at radius 3 is 2.41 bits per heavy atom. The van der Waals surface area contributed by atoms with Crippen molar-refractivity contribution in [3.63, 3.8) is 0 Å². The van der Waals surface area contributed by atoms with Crippen LogP contribution in [0, 0.1) is 17.0 Å². The average Bonchev–Trinajstić information content (AvgIpc) is 2.13. The molecule has 0 aliphatic heterocycles. The van der Waals surface area contributed by atoms with Gasteiger partial charge in [0.25, 0.3) is 6.43 Å². The lowest BCUT2D eigenvalue weighted by Gasteiger charge is -2.07. The van der Waals surface area contributed by atoms with E-state index in [1.165, 1.54) is 0 Å². The number of rotatable bonds is 3. The number of sulfonamides is 1. The molecule has 1 aromatic heterocycles. The Morgan fingerprint density at radius 1 is 1.53 bits per heavy atom. The van der Waals surface area contributed by atoms with Gasteiger partial charge in [-0.05, 0) is 22.4 Å². The highest BCUT2D eigenvalue weighted by Crippen LogP contribution is 2.32. The van der Waals surface area contributed by atoms with Crippen LogP contribution in [-0.2, 0) is 10.0 Å². The molecule has 0 radical (unpaired) electrons. The number of primary sulfonamides is 1. The Balaban J connectivity index is 3.67. The molecular weight excluding hydrogens is 260 g/mol. The van der Waals surface area contributed by atoms with E-state index in [1.54, 1.807) is 0 Å². The molecule has 0 aliphatic carbocycles. The van der Waals surface area contributed by atoms with Gasteiger partial charge in [-0.3, -0.25) is 0 Å². The van der Waals surface area contributed by atoms with Crippen molar-refractivity contribution in [3.05, 3.63) is 27.4 Å². The van der Waals surface area contributed by atoms with Crippen LogP contribution in [0.15, 0.2) is 11.1 Å². The molecule has 0 aliphatic rings. The smallest absolute Gasteiger partial charge is 0.358 e. The first-order valence-electron chi connectivity index (χ1n) is 4.11. The minimum atomic E-state index is -4.25. The van der Waals surface area contributed by atoms with Crippen molar-refractivity contribution in [1.82, 2.24) is 4.98 Å². The molecule has 0 atom stereocenters. The molecule has 0 fully saturated rings. The van der Waals surface area contributed by atoms with Crippen molar-refractivity contribution in [2.24, 2.45) is 5.14 Å². The van der Waals surface area contributed by atoms with E-state index in [-0.39, 0.29) is 0 Å². The van der Waals surface area contributed by atoms with Crippen molar-refractivity contribution < 1.29 is 22.1 Å². The number of nitrogens with zero attached hydrogens (tertiary/aromatic N) is 2. The van der Waals surface area contributed by atoms with E-state index in [1.807, 2.05) is 0 Å². The zero-order valence-electron chi connectivity index (χ0n) is 8.42. The van der Waals surface area contributed by atoms with E-state index in [4.69, 9.17) is 5.14 Å². The number of halogens is 2. The zero-order chi connectivity index (χ0) is 13.4. The van der Waals surface area contributed by atoms with Crippen LogP contribution >= 0.6 is 0 Å². The third-order valence-corrected chi connectivity index (χ3v) is 3.04. The van der Waals surface area contributed by atoms with Gasteiger partial charge in [-0.15, -0.1) is 0 Å². The number of nitrogens with two attached hydrogens (primary N) is 1. The van der Waals surface area contributed by atoms with Crippen LogP contribution in [0.2, 0.25) is 0 Å². The molecule has 1 rings (SSSR count). The predicted octanol–water partition coefficient (Wildman–Crippen LogP) is 0.883. The van der Waals surface area contributed by atoms with Crippen molar-refractivity contribution in [2.45, 2.75) is 18.2 Å². The van der Waals surface area contributed by atoms with Crippen molar-refractivity contribution in [3.8, 4) is 0 Å². The largest absolute Gasteiger partial charge is 0.372 e. The fourth-order valence-electron chi connectivity index (χ4n) is 1.28. The summed E-state index contributed by atoms with van der Waals surface area (Å²) in [5.41, 5.74) is -1.51. The third-order valence-electron chi connectivity index (χ3n) is 2.02. The Kier molecular flexibility index (Phi) is 3.38. The standard InChI is InChI=1S/C7H7F2N3O4S/c1-3-4(17(10,15)16)2-11-7(12(13)14)5(3)6(8)9/h2,6H,1H3,(H2,10,15,16). The first-order chi connectivity index (χ1) is 7.66. The fourth-order valence-corrected chi connectivity index (χ4v) is 2.02. The Hall–Kier alpha value is -1.68. The molecule has 7 nitrogen and oxygen atoms in total. The number of hydrogen-bond acceptors (Lipinski definition) is 5. The summed E-state index contributed by atoms with van der Waals surface area (Å²) in [6.45, 7) is 1.01. The molecular formula is C7H7F2N3O4S. The minimum Gasteiger partial charge on any atom is -0.358 e. The molecule has 0 bridgehead atoms. The van der Waals surface area contributed by atoms with Crippen LogP contribution in [0.4, 0.5) is 14.6 Å². The van der Waals surface area contributed by atoms with E-state index in [9.17, 15) is 27.3 Å². The normalized spacial score (nSPS) is 11.8. The molecule has 0 spiro atoms. The lowest BCUT2D eigenvalue weighted by Crippen LogP contribution is -2.16. The van der Waals surface area contributed by atoms with E-state index < -0.39 is 43.2 Å². The molecule has 2 N–H and O–H groups in total. The minimum absolute atomic E-state index is 0.468. The summed E-state index contributed by atoms with van der Waals surface area (Å²) in [5.74, 6) is -1.08. The summed E-state index contributed by atoms with van der Waals surface area (Å²) in [6, 6.07) is 0. The Labute approximate surface area is 94.5 Å². The van der Waals surface area contributed by atoms with Gasteiger partial charge in [0, 0.05) is 0 Å². The lowest BCUT2D eigenvalue weighted by molar-refractivity contribution is -0.391. The van der Waals surface area contributed by atoms with Crippen molar-refractivity contribution in [1.29, 1.82) is 0 Å². The second-order valence-electron chi connectivity index (χ2n) is 3.09. The van der Waals surface area contributed by atoms with Crippen LogP contribution in [0.1, 0.15) is 17.6 Å². The van der Waals surface area contributed by atoms with E-state index in [0.29, 0.717) is 6.20 Å². The molecule has 0 saturated heterocycles. The van der Waals surface area contributed by atoms with Gasteiger partial charge in [0.05, 0.1) is 0 Å². The highest BCUT2D eigenvalue weighted by Gasteiger charge is 2.30. The maximum Gasteiger partial charge on any atom is 0.372 e. The molecule has 0 amide bonds. The average molecular weight is 267 g/mol. The van der Waals surface area contributed by atoms with Crippen LogP contribution in [-0.4, -0.2) is 18.3 Å². The molecule has 17 heavy (non-hydrogen) atoms. The summed E-state index contributed by atoms with van der Waals surface area (Å²) in [5, 5.41) is 15.2. The summed E-state index contributed by atoms with van der Waals surface area (Å²) in [7, 11) is -4.25. The molecule has 0 aromatic carbocycles. The third kappa shape index (κ3) is 2.53. The second kappa shape index (κ2) is 4.30. The van der Waals surface area contributed by atoms with Crippen molar-refractivity contribution >= 4 is 15.8 Å². The summed E-state index contributed by atoms with van der Waals surface area (Å²) < 4.78 is 47.3. The van der Waals surface area contributed by atoms with Crippen LogP contribution in [0.5, 0.6) is 0 Å². The van der Waals surface area contributed by atoms with Crippen LogP contribution in [0.25, 0.3) is 0 Å². The molecule has 0 unspecified atom stereocenters. The van der Waals surface area contributed by atoms with Crippen LogP contribution < -0.4 is 5.14 Å². The SMILES string of the molecule is Cc1c(S(N)(=O)=O)cnc([N+](=O)[O-])c1C(F)F. The molecule has 10 heteroatoms. The van der Waals surface area contributed by atoms with Gasteiger partial charge >= 0.3 is 5.82 Å². The fraction of sp³-hybridized carbons (Fsp3) is 0.286. The van der Waals surface area contributed by atoms with Gasteiger partial charge in [0.15, 0.2) is 6.20 Å². The molecule has 1 aromatic rings. The first kappa shape index (κ1) is 13.4. The Bertz CT molecular complexity index is 573. The van der Waals surface area contributed by atoms with Gasteiger partial charge in [0.1, 0.15) is 10.5 Å². The molecule has 0 saturated carbocycles. The predicted molar refractivity (Wildman–Crippen MR) is 52.0 cm³/mol. The number of aromatic nitrogens is 1. The monoisotopic (exact) mass is 267 g/mol. The number of nitro groups is 1. The van der Waals surface area contributed by atoms with Crippen LogP contribution in [0.3, 0.4) is 0 Å². The van der Waals surface area contributed by atoms with E-state index >= 15 is 0 Å². The zero-order valence-corrected chi connectivity index (χ0v) is 9.24. The summed E-state index contributed by atoms with van der Waals surface area (Å²) in [4.78, 5) is 11.8. The number of pyridine rings is 1. The summed E-state index contributed by atoms with van der Waals surface area (Å²) >= 11 is 0. The second-order valence-corrected chi connectivity index (χ2v) is 4.62. The molecule has 94 valence electrons. The summed E-state index contributed by atoms with van der Waals surface area (Å²) in [6.07, 6.45) is -2.63. The van der Waals surface area contributed by atoms with E-state index in [0.717, 1.165) is 6.92 Å². The first-order valence-corrected chi connectivity index (χ1v) is 5.65. The van der Waals surface area contributed by atoms with E-state index in [2.05, 4.69) is 4.98 Å². The molecule has 1 heterocycles. The van der Waals surface area contributed by atoms with Gasteiger partial charge in [-0.1, -0.05) is 0 Å². The number of hydrogen-bond donors (Lipinski definition) is 1. The van der Waals surface area contributed by atoms with Crippen molar-refractivity contribution in [2.75, 3.05) is 0 Å². The maximum absolute atomic E-state index is 12.6. The maximum atomic E-state index is 12.6. The van der Waals surface area contributed by atoms with Gasteiger partial charge < -0.3 is 10.1 Å². The van der Waals surface area contributed by atoms with Gasteiger partial charge in [-0.2, -0.15) is 0 Å². The highest BCUT2D eigenvalue weighted by molar-refractivity contribution is 7.89.